The lowest BCUT2D eigenvalue weighted by atomic mass is 10.2. The Labute approximate surface area is 138 Å². The number of anilines is 1. The first-order chi connectivity index (χ1) is 10.9. The van der Waals surface area contributed by atoms with Gasteiger partial charge in [-0.1, -0.05) is 17.7 Å². The van der Waals surface area contributed by atoms with Crippen LogP contribution in [0.3, 0.4) is 0 Å². The van der Waals surface area contributed by atoms with Gasteiger partial charge < -0.3 is 10.1 Å². The van der Waals surface area contributed by atoms with Crippen molar-refractivity contribution in [2.24, 2.45) is 0 Å². The van der Waals surface area contributed by atoms with E-state index in [1.165, 1.54) is 19.1 Å². The molecule has 4 nitrogen and oxygen atoms in total. The third kappa shape index (κ3) is 4.53. The molecular formula is C17H15ClFNO3. The van der Waals surface area contributed by atoms with Gasteiger partial charge in [-0.05, 0) is 55.8 Å². The third-order valence-corrected chi connectivity index (χ3v) is 3.58. The van der Waals surface area contributed by atoms with E-state index in [2.05, 4.69) is 5.32 Å². The van der Waals surface area contributed by atoms with Crippen LogP contribution in [0.25, 0.3) is 0 Å². The maximum Gasteiger partial charge on any atom is 0.338 e. The third-order valence-electron chi connectivity index (χ3n) is 3.17. The van der Waals surface area contributed by atoms with Crippen molar-refractivity contribution in [2.75, 3.05) is 5.32 Å². The standard InChI is InChI=1S/C17H15ClFNO3/c1-10-3-8-14(9-15(10)18)20-16(21)11(2)23-17(22)12-4-6-13(19)7-5-12/h3-9,11H,1-2H3,(H,20,21)/t11-/m1/s1. The number of carbonyl (C=O) groups is 2. The topological polar surface area (TPSA) is 55.4 Å². The molecule has 0 spiro atoms. The van der Waals surface area contributed by atoms with Gasteiger partial charge >= 0.3 is 5.97 Å². The Balaban J connectivity index is 1.97. The van der Waals surface area contributed by atoms with Crippen LogP contribution in [0.1, 0.15) is 22.8 Å². The molecule has 1 amide bonds. The Hall–Kier alpha value is -2.40. The predicted molar refractivity (Wildman–Crippen MR) is 86.1 cm³/mol. The molecule has 0 aromatic heterocycles. The highest BCUT2D eigenvalue weighted by atomic mass is 35.5. The molecule has 0 heterocycles. The second kappa shape index (κ2) is 7.24. The molecule has 0 aliphatic heterocycles. The van der Waals surface area contributed by atoms with E-state index >= 15 is 0 Å². The molecule has 0 saturated heterocycles. The van der Waals surface area contributed by atoms with Crippen LogP contribution in [0.15, 0.2) is 42.5 Å². The van der Waals surface area contributed by atoms with Crippen LogP contribution in [-0.2, 0) is 9.53 Å². The first-order valence-corrected chi connectivity index (χ1v) is 7.28. The van der Waals surface area contributed by atoms with E-state index in [-0.39, 0.29) is 5.56 Å². The first kappa shape index (κ1) is 17.0. The largest absolute Gasteiger partial charge is 0.449 e. The maximum atomic E-state index is 12.8. The van der Waals surface area contributed by atoms with Gasteiger partial charge in [-0.25, -0.2) is 9.18 Å². The zero-order valence-electron chi connectivity index (χ0n) is 12.6. The Kier molecular flexibility index (Phi) is 5.34. The average Bonchev–Trinajstić information content (AvgIpc) is 2.51. The van der Waals surface area contributed by atoms with E-state index in [1.54, 1.807) is 18.2 Å². The lowest BCUT2D eigenvalue weighted by Gasteiger charge is -2.14. The van der Waals surface area contributed by atoms with E-state index < -0.39 is 23.8 Å². The summed E-state index contributed by atoms with van der Waals surface area (Å²) in [5.74, 6) is -1.64. The van der Waals surface area contributed by atoms with Gasteiger partial charge in [-0.2, -0.15) is 0 Å². The van der Waals surface area contributed by atoms with E-state index in [4.69, 9.17) is 16.3 Å². The van der Waals surface area contributed by atoms with Crippen molar-refractivity contribution in [1.82, 2.24) is 0 Å². The molecule has 2 rings (SSSR count). The van der Waals surface area contributed by atoms with Gasteiger partial charge in [0.2, 0.25) is 0 Å². The fourth-order valence-electron chi connectivity index (χ4n) is 1.78. The zero-order chi connectivity index (χ0) is 17.0. The predicted octanol–water partition coefficient (Wildman–Crippen LogP) is 3.97. The molecular weight excluding hydrogens is 321 g/mol. The first-order valence-electron chi connectivity index (χ1n) is 6.90. The van der Waals surface area contributed by atoms with Crippen molar-refractivity contribution in [3.05, 3.63) is 64.4 Å². The number of carbonyl (C=O) groups excluding carboxylic acids is 2. The highest BCUT2D eigenvalue weighted by Crippen LogP contribution is 2.20. The molecule has 6 heteroatoms. The van der Waals surface area contributed by atoms with Gasteiger partial charge in [-0.3, -0.25) is 4.79 Å². The monoisotopic (exact) mass is 335 g/mol. The number of halogens is 2. The quantitative estimate of drug-likeness (QED) is 0.860. The number of hydrogen-bond acceptors (Lipinski definition) is 3. The minimum absolute atomic E-state index is 0.171. The van der Waals surface area contributed by atoms with Crippen LogP contribution >= 0.6 is 11.6 Å². The average molecular weight is 336 g/mol. The van der Waals surface area contributed by atoms with E-state index in [9.17, 15) is 14.0 Å². The van der Waals surface area contributed by atoms with Gasteiger partial charge in [0, 0.05) is 10.7 Å². The van der Waals surface area contributed by atoms with E-state index in [1.807, 2.05) is 6.92 Å². The Morgan fingerprint density at radius 3 is 2.43 bits per heavy atom. The summed E-state index contributed by atoms with van der Waals surface area (Å²) < 4.78 is 17.9. The second-order valence-corrected chi connectivity index (χ2v) is 5.41. The summed E-state index contributed by atoms with van der Waals surface area (Å²) in [5, 5.41) is 3.14. The fraction of sp³-hybridized carbons (Fsp3) is 0.176. The highest BCUT2D eigenvalue weighted by molar-refractivity contribution is 6.31. The SMILES string of the molecule is Cc1ccc(NC(=O)[C@@H](C)OC(=O)c2ccc(F)cc2)cc1Cl. The number of hydrogen-bond donors (Lipinski definition) is 1. The van der Waals surface area contributed by atoms with Crippen LogP contribution in [0, 0.1) is 12.7 Å². The minimum Gasteiger partial charge on any atom is -0.449 e. The molecule has 0 aliphatic rings. The molecule has 0 fully saturated rings. The van der Waals surface area contributed by atoms with Crippen molar-refractivity contribution in [2.45, 2.75) is 20.0 Å². The number of esters is 1. The van der Waals surface area contributed by atoms with Crippen molar-refractivity contribution >= 4 is 29.2 Å². The number of aryl methyl sites for hydroxylation is 1. The summed E-state index contributed by atoms with van der Waals surface area (Å²) in [6, 6.07) is 9.97. The van der Waals surface area contributed by atoms with Crippen LogP contribution < -0.4 is 5.32 Å². The molecule has 2 aromatic carbocycles. The van der Waals surface area contributed by atoms with Crippen LogP contribution in [0.4, 0.5) is 10.1 Å². The molecule has 0 bridgehead atoms. The number of amides is 1. The summed E-state index contributed by atoms with van der Waals surface area (Å²) in [5.41, 5.74) is 1.57. The van der Waals surface area contributed by atoms with Gasteiger partial charge in [0.1, 0.15) is 5.82 Å². The molecule has 23 heavy (non-hydrogen) atoms. The Bertz CT molecular complexity index is 731. The van der Waals surface area contributed by atoms with Gasteiger partial charge in [0.05, 0.1) is 5.56 Å². The lowest BCUT2D eigenvalue weighted by molar-refractivity contribution is -0.123. The number of benzene rings is 2. The molecule has 120 valence electrons. The second-order valence-electron chi connectivity index (χ2n) is 5.01. The van der Waals surface area contributed by atoms with Gasteiger partial charge in [0.25, 0.3) is 5.91 Å². The summed E-state index contributed by atoms with van der Waals surface area (Å²) in [4.78, 5) is 23.9. The molecule has 0 radical (unpaired) electrons. The number of ether oxygens (including phenoxy) is 1. The van der Waals surface area contributed by atoms with Crippen molar-refractivity contribution in [1.29, 1.82) is 0 Å². The summed E-state index contributed by atoms with van der Waals surface area (Å²) in [6.45, 7) is 3.30. The Morgan fingerprint density at radius 1 is 1.17 bits per heavy atom. The van der Waals surface area contributed by atoms with Crippen molar-refractivity contribution in [3.63, 3.8) is 0 Å². The number of nitrogens with one attached hydrogen (secondary N) is 1. The summed E-state index contributed by atoms with van der Waals surface area (Å²) >= 11 is 5.99. The summed E-state index contributed by atoms with van der Waals surface area (Å²) in [6.07, 6.45) is -1.01. The zero-order valence-corrected chi connectivity index (χ0v) is 13.4. The van der Waals surface area contributed by atoms with Crippen LogP contribution in [0.2, 0.25) is 5.02 Å². The highest BCUT2D eigenvalue weighted by Gasteiger charge is 2.19. The van der Waals surface area contributed by atoms with Crippen LogP contribution in [-0.4, -0.2) is 18.0 Å². The smallest absolute Gasteiger partial charge is 0.338 e. The molecule has 0 unspecified atom stereocenters. The lowest BCUT2D eigenvalue weighted by Crippen LogP contribution is -2.30. The van der Waals surface area contributed by atoms with E-state index in [0.29, 0.717) is 10.7 Å². The Morgan fingerprint density at radius 2 is 1.83 bits per heavy atom. The van der Waals surface area contributed by atoms with Gasteiger partial charge in [0.15, 0.2) is 6.10 Å². The maximum absolute atomic E-state index is 12.8. The van der Waals surface area contributed by atoms with E-state index in [0.717, 1.165) is 17.7 Å². The fourth-order valence-corrected chi connectivity index (χ4v) is 1.96. The van der Waals surface area contributed by atoms with Gasteiger partial charge in [-0.15, -0.1) is 0 Å². The van der Waals surface area contributed by atoms with Crippen LogP contribution in [0.5, 0.6) is 0 Å². The van der Waals surface area contributed by atoms with Crippen molar-refractivity contribution in [3.8, 4) is 0 Å². The molecule has 0 saturated carbocycles. The minimum atomic E-state index is -1.01. The van der Waals surface area contributed by atoms with Crippen molar-refractivity contribution < 1.29 is 18.7 Å². The number of rotatable bonds is 4. The summed E-state index contributed by atoms with van der Waals surface area (Å²) in [7, 11) is 0. The molecule has 1 atom stereocenters. The molecule has 1 N–H and O–H groups in total. The molecule has 2 aromatic rings. The normalized spacial score (nSPS) is 11.7. The molecule has 0 aliphatic carbocycles.